The Hall–Kier alpha value is -1.77. The summed E-state index contributed by atoms with van der Waals surface area (Å²) in [6.45, 7) is 0. The number of nitrogens with one attached hydrogen (secondary N) is 1. The lowest BCUT2D eigenvalue weighted by atomic mass is 10.1. The number of H-pyrrole nitrogens is 1. The topological polar surface area (TPSA) is 56.6 Å². The molecule has 0 aliphatic rings. The SMILES string of the molecule is N#CCc1[nH]ccc(=O)c1C(F)(F)F. The minimum absolute atomic E-state index is 0.396. The fourth-order valence-corrected chi connectivity index (χ4v) is 1.05. The van der Waals surface area contributed by atoms with Crippen molar-refractivity contribution in [2.45, 2.75) is 12.6 Å². The summed E-state index contributed by atoms with van der Waals surface area (Å²) >= 11 is 0. The van der Waals surface area contributed by atoms with Crippen molar-refractivity contribution in [2.24, 2.45) is 0 Å². The van der Waals surface area contributed by atoms with Gasteiger partial charge in [-0.1, -0.05) is 0 Å². The van der Waals surface area contributed by atoms with E-state index in [-0.39, 0.29) is 0 Å². The summed E-state index contributed by atoms with van der Waals surface area (Å²) in [5, 5.41) is 8.26. The van der Waals surface area contributed by atoms with Crippen molar-refractivity contribution in [3.63, 3.8) is 0 Å². The van der Waals surface area contributed by atoms with Gasteiger partial charge in [0.1, 0.15) is 5.56 Å². The van der Waals surface area contributed by atoms with Crippen molar-refractivity contribution in [1.82, 2.24) is 4.98 Å². The van der Waals surface area contributed by atoms with E-state index in [1.807, 2.05) is 0 Å². The number of nitrogens with zero attached hydrogens (tertiary/aromatic N) is 1. The first-order valence-electron chi connectivity index (χ1n) is 3.61. The van der Waals surface area contributed by atoms with Gasteiger partial charge >= 0.3 is 6.18 Å². The zero-order chi connectivity index (χ0) is 10.8. The molecule has 0 unspecified atom stereocenters. The van der Waals surface area contributed by atoms with Crippen LogP contribution >= 0.6 is 0 Å². The van der Waals surface area contributed by atoms with Crippen LogP contribution in [0.4, 0.5) is 13.2 Å². The van der Waals surface area contributed by atoms with Crippen LogP contribution in [-0.4, -0.2) is 4.98 Å². The van der Waals surface area contributed by atoms with Crippen molar-refractivity contribution in [2.75, 3.05) is 0 Å². The van der Waals surface area contributed by atoms with E-state index < -0.39 is 29.3 Å². The van der Waals surface area contributed by atoms with Gasteiger partial charge < -0.3 is 4.98 Å². The third-order valence-corrected chi connectivity index (χ3v) is 1.58. The van der Waals surface area contributed by atoms with E-state index in [1.165, 1.54) is 0 Å². The Morgan fingerprint density at radius 1 is 1.50 bits per heavy atom. The van der Waals surface area contributed by atoms with E-state index in [1.54, 1.807) is 6.07 Å². The van der Waals surface area contributed by atoms with Crippen LogP contribution in [0.2, 0.25) is 0 Å². The molecule has 0 aliphatic carbocycles. The van der Waals surface area contributed by atoms with E-state index >= 15 is 0 Å². The van der Waals surface area contributed by atoms with Gasteiger partial charge in [0.2, 0.25) is 0 Å². The van der Waals surface area contributed by atoms with Gasteiger partial charge in [0, 0.05) is 18.0 Å². The number of aromatic amines is 1. The zero-order valence-corrected chi connectivity index (χ0v) is 6.85. The van der Waals surface area contributed by atoms with Crippen LogP contribution in [0.25, 0.3) is 0 Å². The van der Waals surface area contributed by atoms with Crippen LogP contribution < -0.4 is 5.43 Å². The minimum atomic E-state index is -4.72. The average Bonchev–Trinajstić information content (AvgIpc) is 2.02. The second-order valence-corrected chi connectivity index (χ2v) is 2.53. The summed E-state index contributed by atoms with van der Waals surface area (Å²) in [7, 11) is 0. The smallest absolute Gasteiger partial charge is 0.363 e. The maximum absolute atomic E-state index is 12.3. The van der Waals surface area contributed by atoms with E-state index in [9.17, 15) is 18.0 Å². The van der Waals surface area contributed by atoms with Gasteiger partial charge in [-0.3, -0.25) is 4.79 Å². The summed E-state index contributed by atoms with van der Waals surface area (Å²) in [5.74, 6) is 0. The first kappa shape index (κ1) is 10.3. The van der Waals surface area contributed by atoms with Crippen molar-refractivity contribution in [3.05, 3.63) is 33.7 Å². The lowest BCUT2D eigenvalue weighted by Gasteiger charge is -2.08. The van der Waals surface area contributed by atoms with Crippen LogP contribution in [0.5, 0.6) is 0 Å². The normalized spacial score (nSPS) is 11.0. The van der Waals surface area contributed by atoms with Crippen molar-refractivity contribution in [1.29, 1.82) is 5.26 Å². The number of hydrogen-bond donors (Lipinski definition) is 1. The number of pyridine rings is 1. The fraction of sp³-hybridized carbons (Fsp3) is 0.250. The van der Waals surface area contributed by atoms with Gasteiger partial charge in [0.25, 0.3) is 0 Å². The van der Waals surface area contributed by atoms with Gasteiger partial charge in [-0.25, -0.2) is 0 Å². The van der Waals surface area contributed by atoms with Gasteiger partial charge in [-0.05, 0) is 0 Å². The Balaban J connectivity index is 3.39. The van der Waals surface area contributed by atoms with E-state index in [4.69, 9.17) is 5.26 Å². The molecule has 0 aliphatic heterocycles. The Morgan fingerprint density at radius 2 is 2.14 bits per heavy atom. The first-order valence-corrected chi connectivity index (χ1v) is 3.61. The summed E-state index contributed by atoms with van der Waals surface area (Å²) in [6, 6.07) is 2.34. The molecule has 0 radical (unpaired) electrons. The molecule has 0 saturated carbocycles. The van der Waals surface area contributed by atoms with Crippen LogP contribution in [0.1, 0.15) is 11.3 Å². The van der Waals surface area contributed by atoms with Crippen LogP contribution in [0.3, 0.4) is 0 Å². The van der Waals surface area contributed by atoms with Gasteiger partial charge in [0.15, 0.2) is 5.43 Å². The van der Waals surface area contributed by atoms with Crippen LogP contribution in [-0.2, 0) is 12.6 Å². The highest BCUT2D eigenvalue weighted by Crippen LogP contribution is 2.28. The number of hydrogen-bond acceptors (Lipinski definition) is 2. The van der Waals surface area contributed by atoms with Crippen molar-refractivity contribution >= 4 is 0 Å². The molecule has 3 nitrogen and oxygen atoms in total. The third kappa shape index (κ3) is 1.93. The Labute approximate surface area is 76.8 Å². The predicted molar refractivity (Wildman–Crippen MR) is 41.4 cm³/mol. The highest BCUT2D eigenvalue weighted by Gasteiger charge is 2.36. The van der Waals surface area contributed by atoms with Gasteiger partial charge in [0.05, 0.1) is 12.5 Å². The standard InChI is InChI=1S/C8H5F3N2O/c9-8(10,11)7-5(1-3-12)13-4-2-6(7)14/h2,4H,1H2,(H,13,14). The molecule has 0 atom stereocenters. The monoisotopic (exact) mass is 202 g/mol. The number of alkyl halides is 3. The molecular formula is C8H5F3N2O. The molecule has 0 saturated heterocycles. The number of rotatable bonds is 1. The molecule has 0 aromatic carbocycles. The Kier molecular flexibility index (Phi) is 2.60. The van der Waals surface area contributed by atoms with Crippen LogP contribution in [0.15, 0.2) is 17.1 Å². The molecule has 74 valence electrons. The Bertz CT molecular complexity index is 427. The Morgan fingerprint density at radius 3 is 2.64 bits per heavy atom. The highest BCUT2D eigenvalue weighted by atomic mass is 19.4. The van der Waals surface area contributed by atoms with Crippen LogP contribution in [0, 0.1) is 11.3 Å². The first-order chi connectivity index (χ1) is 6.46. The molecule has 6 heteroatoms. The lowest BCUT2D eigenvalue weighted by Crippen LogP contribution is -2.22. The van der Waals surface area contributed by atoms with Crippen molar-refractivity contribution in [3.8, 4) is 6.07 Å². The molecule has 14 heavy (non-hydrogen) atoms. The van der Waals surface area contributed by atoms with Crippen molar-refractivity contribution < 1.29 is 13.2 Å². The number of nitriles is 1. The van der Waals surface area contributed by atoms with E-state index in [0.717, 1.165) is 12.3 Å². The summed E-state index contributed by atoms with van der Waals surface area (Å²) in [6.07, 6.45) is -4.10. The number of aromatic nitrogens is 1. The highest BCUT2D eigenvalue weighted by molar-refractivity contribution is 5.25. The van der Waals surface area contributed by atoms with E-state index in [0.29, 0.717) is 0 Å². The molecule has 0 fully saturated rings. The quantitative estimate of drug-likeness (QED) is 0.749. The summed E-state index contributed by atoms with van der Waals surface area (Å²) < 4.78 is 36.9. The molecule has 1 aromatic rings. The molecular weight excluding hydrogens is 197 g/mol. The second-order valence-electron chi connectivity index (χ2n) is 2.53. The lowest BCUT2D eigenvalue weighted by molar-refractivity contribution is -0.139. The molecule has 1 heterocycles. The van der Waals surface area contributed by atoms with E-state index in [2.05, 4.69) is 4.98 Å². The average molecular weight is 202 g/mol. The largest absolute Gasteiger partial charge is 0.421 e. The predicted octanol–water partition coefficient (Wildman–Crippen LogP) is 1.46. The minimum Gasteiger partial charge on any atom is -0.363 e. The molecule has 1 N–H and O–H groups in total. The molecule has 1 aromatic heterocycles. The zero-order valence-electron chi connectivity index (χ0n) is 6.85. The fourth-order valence-electron chi connectivity index (χ4n) is 1.05. The summed E-state index contributed by atoms with van der Waals surface area (Å²) in [5.41, 5.74) is -2.81. The summed E-state index contributed by atoms with van der Waals surface area (Å²) in [4.78, 5) is 13.2. The number of halogens is 3. The molecule has 0 spiro atoms. The second kappa shape index (κ2) is 3.54. The van der Waals surface area contributed by atoms with Gasteiger partial charge in [-0.15, -0.1) is 0 Å². The molecule has 0 bridgehead atoms. The molecule has 1 rings (SSSR count). The third-order valence-electron chi connectivity index (χ3n) is 1.58. The maximum atomic E-state index is 12.3. The molecule has 0 amide bonds. The van der Waals surface area contributed by atoms with Gasteiger partial charge in [-0.2, -0.15) is 18.4 Å². The maximum Gasteiger partial charge on any atom is 0.421 e.